The Kier molecular flexibility index (Phi) is 7.78. The molecule has 2 aliphatic heterocycles. The molecule has 1 atom stereocenters. The Morgan fingerprint density at radius 2 is 1.88 bits per heavy atom. The quantitative estimate of drug-likeness (QED) is 0.737. The van der Waals surface area contributed by atoms with Crippen molar-refractivity contribution in [2.24, 2.45) is 0 Å². The Bertz CT molecular complexity index is 457. The highest BCUT2D eigenvalue weighted by atomic mass is 35.5. The van der Waals surface area contributed by atoms with Crippen LogP contribution in [-0.4, -0.2) is 78.0 Å². The lowest BCUT2D eigenvalue weighted by molar-refractivity contribution is -0.131. The summed E-state index contributed by atoms with van der Waals surface area (Å²) in [5, 5.41) is 2.95. The Labute approximate surface area is 157 Å². The number of rotatable bonds is 5. The molecular formula is C16H30Cl2N4O2. The smallest absolute Gasteiger partial charge is 0.323 e. The zero-order chi connectivity index (χ0) is 15.7. The first-order valence-corrected chi connectivity index (χ1v) is 8.62. The first-order valence-electron chi connectivity index (χ1n) is 8.62. The van der Waals surface area contributed by atoms with Gasteiger partial charge in [0, 0.05) is 25.7 Å². The molecule has 0 aromatic heterocycles. The third kappa shape index (κ3) is 3.98. The maximum Gasteiger partial charge on any atom is 0.325 e. The summed E-state index contributed by atoms with van der Waals surface area (Å²) in [5.74, 6) is 0.0106. The van der Waals surface area contributed by atoms with E-state index in [9.17, 15) is 9.59 Å². The van der Waals surface area contributed by atoms with Gasteiger partial charge in [0.15, 0.2) is 0 Å². The van der Waals surface area contributed by atoms with Crippen molar-refractivity contribution in [2.45, 2.75) is 50.6 Å². The van der Waals surface area contributed by atoms with Gasteiger partial charge in [-0.1, -0.05) is 19.8 Å². The third-order valence-electron chi connectivity index (χ3n) is 5.71. The second-order valence-electron chi connectivity index (χ2n) is 6.99. The van der Waals surface area contributed by atoms with E-state index in [1.165, 1.54) is 11.3 Å². The Balaban J connectivity index is 0.00000144. The van der Waals surface area contributed by atoms with E-state index in [4.69, 9.17) is 0 Å². The molecule has 24 heavy (non-hydrogen) atoms. The molecule has 0 aromatic rings. The number of imide groups is 1. The average molecular weight is 381 g/mol. The van der Waals surface area contributed by atoms with Gasteiger partial charge in [-0.15, -0.1) is 24.8 Å². The van der Waals surface area contributed by atoms with Crippen LogP contribution in [0.3, 0.4) is 0 Å². The molecule has 140 valence electrons. The van der Waals surface area contributed by atoms with Gasteiger partial charge in [-0.25, -0.2) is 4.79 Å². The van der Waals surface area contributed by atoms with Gasteiger partial charge in [-0.2, -0.15) is 0 Å². The van der Waals surface area contributed by atoms with Crippen LogP contribution in [0.15, 0.2) is 0 Å². The van der Waals surface area contributed by atoms with E-state index in [-0.39, 0.29) is 36.8 Å². The first-order chi connectivity index (χ1) is 10.6. The predicted octanol–water partition coefficient (Wildman–Crippen LogP) is 1.72. The standard InChI is InChI=1S/C16H28N4O2.2ClH/c1-3-18(2)13-6-9-19(12-13)10-11-20-14(21)16(17-15(20)22)7-4-5-8-16;;/h13H,3-12H2,1-2H3,(H,17,22);2*1H. The van der Waals surface area contributed by atoms with Crippen molar-refractivity contribution in [1.82, 2.24) is 20.0 Å². The zero-order valence-electron chi connectivity index (χ0n) is 14.6. The topological polar surface area (TPSA) is 55.9 Å². The fraction of sp³-hybridized carbons (Fsp3) is 0.875. The molecule has 3 fully saturated rings. The van der Waals surface area contributed by atoms with E-state index in [1.807, 2.05) is 0 Å². The molecule has 1 N–H and O–H groups in total. The number of likely N-dealkylation sites (N-methyl/N-ethyl adjacent to an activating group) is 1. The maximum atomic E-state index is 12.6. The van der Waals surface area contributed by atoms with Crippen LogP contribution in [0.4, 0.5) is 4.79 Å². The highest BCUT2D eigenvalue weighted by Crippen LogP contribution is 2.34. The summed E-state index contributed by atoms with van der Waals surface area (Å²) in [4.78, 5) is 30.9. The van der Waals surface area contributed by atoms with E-state index in [2.05, 4.69) is 29.1 Å². The fourth-order valence-corrected chi connectivity index (χ4v) is 4.07. The molecule has 2 heterocycles. The minimum atomic E-state index is -0.562. The molecule has 3 amide bonds. The van der Waals surface area contributed by atoms with Crippen molar-refractivity contribution < 1.29 is 9.59 Å². The molecule has 0 bridgehead atoms. The van der Waals surface area contributed by atoms with E-state index >= 15 is 0 Å². The number of halogens is 2. The minimum absolute atomic E-state index is 0. The van der Waals surface area contributed by atoms with Gasteiger partial charge in [0.1, 0.15) is 5.54 Å². The molecule has 0 aromatic carbocycles. The Morgan fingerprint density at radius 1 is 1.21 bits per heavy atom. The molecular weight excluding hydrogens is 351 g/mol. The van der Waals surface area contributed by atoms with E-state index in [0.29, 0.717) is 12.6 Å². The highest BCUT2D eigenvalue weighted by molar-refractivity contribution is 6.07. The Morgan fingerprint density at radius 3 is 2.50 bits per heavy atom. The first kappa shape index (κ1) is 21.5. The summed E-state index contributed by atoms with van der Waals surface area (Å²) in [6.45, 7) is 6.66. The zero-order valence-corrected chi connectivity index (χ0v) is 16.3. The lowest BCUT2D eigenvalue weighted by Crippen LogP contribution is -2.44. The fourth-order valence-electron chi connectivity index (χ4n) is 4.07. The SMILES string of the molecule is CCN(C)C1CCN(CCN2C(=O)NC3(CCCC3)C2=O)C1.Cl.Cl. The van der Waals surface area contributed by atoms with Gasteiger partial charge >= 0.3 is 6.03 Å². The average Bonchev–Trinajstić information content (AvgIpc) is 3.20. The van der Waals surface area contributed by atoms with Crippen LogP contribution in [0.1, 0.15) is 39.0 Å². The van der Waals surface area contributed by atoms with Crippen LogP contribution in [0.2, 0.25) is 0 Å². The monoisotopic (exact) mass is 380 g/mol. The van der Waals surface area contributed by atoms with E-state index in [0.717, 1.165) is 51.9 Å². The Hall–Kier alpha value is -0.560. The van der Waals surface area contributed by atoms with Crippen molar-refractivity contribution in [3.63, 3.8) is 0 Å². The van der Waals surface area contributed by atoms with Crippen molar-refractivity contribution in [2.75, 3.05) is 39.8 Å². The van der Waals surface area contributed by atoms with E-state index in [1.54, 1.807) is 0 Å². The minimum Gasteiger partial charge on any atom is -0.323 e. The molecule has 1 saturated carbocycles. The lowest BCUT2D eigenvalue weighted by atomic mass is 9.98. The molecule has 6 nitrogen and oxygen atoms in total. The number of carbonyl (C=O) groups excluding carboxylic acids is 2. The van der Waals surface area contributed by atoms with Crippen LogP contribution in [-0.2, 0) is 4.79 Å². The molecule has 1 spiro atoms. The number of urea groups is 1. The summed E-state index contributed by atoms with van der Waals surface area (Å²) in [7, 11) is 2.16. The van der Waals surface area contributed by atoms with Crippen molar-refractivity contribution in [3.8, 4) is 0 Å². The van der Waals surface area contributed by atoms with Crippen LogP contribution < -0.4 is 5.32 Å². The summed E-state index contributed by atoms with van der Waals surface area (Å²) in [6, 6.07) is 0.419. The molecule has 8 heteroatoms. The maximum absolute atomic E-state index is 12.6. The van der Waals surface area contributed by atoms with Gasteiger partial charge in [0.25, 0.3) is 5.91 Å². The molecule has 2 saturated heterocycles. The predicted molar refractivity (Wildman–Crippen MR) is 99.1 cm³/mol. The second-order valence-corrected chi connectivity index (χ2v) is 6.99. The number of hydrogen-bond donors (Lipinski definition) is 1. The van der Waals surface area contributed by atoms with Crippen LogP contribution in [0.25, 0.3) is 0 Å². The summed E-state index contributed by atoms with van der Waals surface area (Å²) in [5.41, 5.74) is -0.562. The van der Waals surface area contributed by atoms with E-state index < -0.39 is 5.54 Å². The van der Waals surface area contributed by atoms with Gasteiger partial charge < -0.3 is 10.2 Å². The lowest BCUT2D eigenvalue weighted by Gasteiger charge is -2.24. The van der Waals surface area contributed by atoms with Crippen LogP contribution in [0, 0.1) is 0 Å². The molecule has 1 unspecified atom stereocenters. The normalized spacial score (nSPS) is 26.0. The summed E-state index contributed by atoms with van der Waals surface area (Å²) >= 11 is 0. The van der Waals surface area contributed by atoms with Crippen LogP contribution >= 0.6 is 24.8 Å². The van der Waals surface area contributed by atoms with Gasteiger partial charge in [0.2, 0.25) is 0 Å². The number of carbonyl (C=O) groups is 2. The number of nitrogens with zero attached hydrogens (tertiary/aromatic N) is 3. The molecule has 1 aliphatic carbocycles. The number of likely N-dealkylation sites (tertiary alicyclic amines) is 1. The van der Waals surface area contributed by atoms with Crippen LogP contribution in [0.5, 0.6) is 0 Å². The highest BCUT2D eigenvalue weighted by Gasteiger charge is 2.52. The van der Waals surface area contributed by atoms with Gasteiger partial charge in [-0.05, 0) is 39.4 Å². The van der Waals surface area contributed by atoms with Gasteiger partial charge in [-0.3, -0.25) is 14.6 Å². The third-order valence-corrected chi connectivity index (χ3v) is 5.71. The number of amides is 3. The molecule has 3 rings (SSSR count). The van der Waals surface area contributed by atoms with Crippen molar-refractivity contribution >= 4 is 36.8 Å². The van der Waals surface area contributed by atoms with Crippen molar-refractivity contribution in [1.29, 1.82) is 0 Å². The largest absolute Gasteiger partial charge is 0.325 e. The second kappa shape index (κ2) is 8.70. The number of nitrogens with one attached hydrogen (secondary N) is 1. The van der Waals surface area contributed by atoms with Gasteiger partial charge in [0.05, 0.1) is 0 Å². The van der Waals surface area contributed by atoms with Crippen molar-refractivity contribution in [3.05, 3.63) is 0 Å². The summed E-state index contributed by atoms with van der Waals surface area (Å²) < 4.78 is 0. The molecule has 3 aliphatic rings. The molecule has 0 radical (unpaired) electrons. The summed E-state index contributed by atoms with van der Waals surface area (Å²) in [6.07, 6.45) is 4.87. The number of hydrogen-bond acceptors (Lipinski definition) is 4.